The highest BCUT2D eigenvalue weighted by Gasteiger charge is 2.20. The summed E-state index contributed by atoms with van der Waals surface area (Å²) in [5, 5.41) is 8.08. The topological polar surface area (TPSA) is 39.3 Å². The highest BCUT2D eigenvalue weighted by Crippen LogP contribution is 2.44. The number of aromatic nitrogens is 3. The second kappa shape index (κ2) is 10.2. The summed E-state index contributed by atoms with van der Waals surface area (Å²) in [5.41, 5.74) is 8.36. The molecule has 0 aliphatic heterocycles. The first-order valence-corrected chi connectivity index (χ1v) is 16.2. The summed E-state index contributed by atoms with van der Waals surface area (Å²) in [7, 11) is 0. The molecule has 4 heteroatoms. The summed E-state index contributed by atoms with van der Waals surface area (Å²) in [6.07, 6.45) is 0. The molecule has 2 heterocycles. The first-order chi connectivity index (χ1) is 23.7. The molecule has 0 fully saturated rings. The van der Waals surface area contributed by atoms with E-state index >= 15 is 0 Å². The normalized spacial score (nSPS) is 11.8. The third-order valence-corrected chi connectivity index (χ3v) is 9.70. The third-order valence-electron chi connectivity index (χ3n) is 9.70. The predicted molar refractivity (Wildman–Crippen MR) is 199 cm³/mol. The highest BCUT2D eigenvalue weighted by molar-refractivity contribution is 6.22. The first kappa shape index (κ1) is 26.7. The minimum atomic E-state index is -0.143. The molecule has 0 atom stereocenters. The van der Waals surface area contributed by atoms with Crippen LogP contribution in [-0.2, 0) is 0 Å². The maximum absolute atomic E-state index is 14.5. The van der Waals surface area contributed by atoms with Crippen molar-refractivity contribution in [1.82, 2.24) is 14.0 Å². The molecule has 0 unspecified atom stereocenters. The van der Waals surface area contributed by atoms with E-state index in [0.717, 1.165) is 38.8 Å². The number of rotatable bonds is 3. The van der Waals surface area contributed by atoms with E-state index in [1.54, 1.807) is 4.40 Å². The molecular weight excluding hydrogens is 587 g/mol. The average molecular weight is 614 g/mol. The Balaban J connectivity index is 1.32. The molecule has 10 rings (SSSR count). The maximum Gasteiger partial charge on any atom is 0.339 e. The van der Waals surface area contributed by atoms with Gasteiger partial charge in [-0.05, 0) is 97.0 Å². The fourth-order valence-corrected chi connectivity index (χ4v) is 7.59. The number of hydrogen-bond acceptors (Lipinski definition) is 2. The Morgan fingerprint density at radius 1 is 0.438 bits per heavy atom. The van der Waals surface area contributed by atoms with Crippen LogP contribution in [0.3, 0.4) is 0 Å². The van der Waals surface area contributed by atoms with E-state index in [0.29, 0.717) is 5.65 Å². The van der Waals surface area contributed by atoms with Gasteiger partial charge in [0.15, 0.2) is 5.65 Å². The predicted octanol–water partition coefficient (Wildman–Crippen LogP) is 10.6. The van der Waals surface area contributed by atoms with Crippen molar-refractivity contribution in [3.63, 3.8) is 0 Å². The molecule has 48 heavy (non-hydrogen) atoms. The van der Waals surface area contributed by atoms with Crippen molar-refractivity contribution in [1.29, 1.82) is 0 Å². The van der Waals surface area contributed by atoms with Crippen molar-refractivity contribution in [2.45, 2.75) is 0 Å². The van der Waals surface area contributed by atoms with Gasteiger partial charge in [-0.15, -0.1) is 0 Å². The van der Waals surface area contributed by atoms with Crippen LogP contribution in [0.15, 0.2) is 169 Å². The Hall–Kier alpha value is -6.52. The van der Waals surface area contributed by atoms with E-state index < -0.39 is 0 Å². The lowest BCUT2D eigenvalue weighted by molar-refractivity contribution is 0.932. The molecule has 0 saturated heterocycles. The van der Waals surface area contributed by atoms with Crippen LogP contribution in [0, 0.1) is 0 Å². The Labute approximate surface area is 275 Å². The number of benzene rings is 8. The number of imidazole rings is 1. The fourth-order valence-electron chi connectivity index (χ4n) is 7.59. The molecule has 10 aromatic rings. The molecular formula is C44H27N3O. The zero-order valence-electron chi connectivity index (χ0n) is 25.8. The van der Waals surface area contributed by atoms with Crippen molar-refractivity contribution in [3.05, 3.63) is 174 Å². The molecule has 0 radical (unpaired) electrons. The van der Waals surface area contributed by atoms with Crippen LogP contribution in [-0.4, -0.2) is 14.0 Å². The molecule has 0 aliphatic rings. The van der Waals surface area contributed by atoms with Crippen molar-refractivity contribution >= 4 is 59.9 Å². The van der Waals surface area contributed by atoms with Gasteiger partial charge in [0.2, 0.25) is 0 Å². The van der Waals surface area contributed by atoms with Gasteiger partial charge in [-0.2, -0.15) is 0 Å². The van der Waals surface area contributed by atoms with E-state index in [9.17, 15) is 4.79 Å². The zero-order valence-corrected chi connectivity index (χ0v) is 25.8. The molecule has 4 nitrogen and oxygen atoms in total. The van der Waals surface area contributed by atoms with Crippen molar-refractivity contribution in [2.75, 3.05) is 0 Å². The second-order valence-electron chi connectivity index (χ2n) is 12.3. The molecule has 224 valence electrons. The SMILES string of the molecule is O=c1n(-c2ccccc2)c2cc(-c3c4ccccc4c(-c4ccc5ccccc5c4)c4ccccc34)ccc2c2nc3ccccc3n12. The minimum Gasteiger partial charge on any atom is -0.262 e. The zero-order chi connectivity index (χ0) is 31.8. The fraction of sp³-hybridized carbons (Fsp3) is 0. The number of hydrogen-bond donors (Lipinski definition) is 0. The largest absolute Gasteiger partial charge is 0.339 e. The van der Waals surface area contributed by atoms with E-state index in [4.69, 9.17) is 4.98 Å². The van der Waals surface area contributed by atoms with Gasteiger partial charge in [-0.1, -0.05) is 121 Å². The lowest BCUT2D eigenvalue weighted by Crippen LogP contribution is -2.25. The molecule has 0 N–H and O–H groups in total. The molecule has 0 aliphatic carbocycles. The number of nitrogens with zero attached hydrogens (tertiary/aromatic N) is 3. The lowest BCUT2D eigenvalue weighted by Gasteiger charge is -2.19. The van der Waals surface area contributed by atoms with Gasteiger partial charge < -0.3 is 0 Å². The Morgan fingerprint density at radius 2 is 1.00 bits per heavy atom. The summed E-state index contributed by atoms with van der Waals surface area (Å²) in [5.74, 6) is 0. The molecule has 0 spiro atoms. The van der Waals surface area contributed by atoms with Crippen LogP contribution >= 0.6 is 0 Å². The lowest BCUT2D eigenvalue weighted by atomic mass is 9.85. The van der Waals surface area contributed by atoms with Crippen LogP contribution in [0.25, 0.3) is 87.8 Å². The van der Waals surface area contributed by atoms with Crippen molar-refractivity contribution < 1.29 is 0 Å². The minimum absolute atomic E-state index is 0.143. The van der Waals surface area contributed by atoms with Crippen LogP contribution < -0.4 is 5.69 Å². The van der Waals surface area contributed by atoms with Gasteiger partial charge in [0, 0.05) is 5.39 Å². The summed E-state index contributed by atoms with van der Waals surface area (Å²) < 4.78 is 3.57. The van der Waals surface area contributed by atoms with Crippen LogP contribution in [0.2, 0.25) is 0 Å². The van der Waals surface area contributed by atoms with Gasteiger partial charge in [0.1, 0.15) is 0 Å². The van der Waals surface area contributed by atoms with Crippen LogP contribution in [0.5, 0.6) is 0 Å². The van der Waals surface area contributed by atoms with E-state index in [1.807, 2.05) is 59.2 Å². The molecule has 0 bridgehead atoms. The highest BCUT2D eigenvalue weighted by atomic mass is 16.1. The molecule has 8 aromatic carbocycles. The molecule has 0 saturated carbocycles. The summed E-state index contributed by atoms with van der Waals surface area (Å²) in [4.78, 5) is 19.4. The van der Waals surface area contributed by atoms with E-state index in [1.165, 1.54) is 43.4 Å². The van der Waals surface area contributed by atoms with Crippen LogP contribution in [0.1, 0.15) is 0 Å². The average Bonchev–Trinajstić information content (AvgIpc) is 3.54. The third kappa shape index (κ3) is 3.83. The smallest absolute Gasteiger partial charge is 0.262 e. The summed E-state index contributed by atoms with van der Waals surface area (Å²) >= 11 is 0. The quantitative estimate of drug-likeness (QED) is 0.186. The van der Waals surface area contributed by atoms with Gasteiger partial charge in [0.05, 0.1) is 22.2 Å². The number of fused-ring (bicyclic) bond motifs is 8. The molecule has 0 amide bonds. The monoisotopic (exact) mass is 613 g/mol. The molecule has 2 aromatic heterocycles. The van der Waals surface area contributed by atoms with Gasteiger partial charge >= 0.3 is 5.69 Å². The Kier molecular flexibility index (Phi) is 5.69. The maximum atomic E-state index is 14.5. The van der Waals surface area contributed by atoms with Crippen molar-refractivity contribution in [2.24, 2.45) is 0 Å². The van der Waals surface area contributed by atoms with Gasteiger partial charge in [-0.3, -0.25) is 4.57 Å². The first-order valence-electron chi connectivity index (χ1n) is 16.2. The summed E-state index contributed by atoms with van der Waals surface area (Å²) in [6, 6.07) is 56.9. The standard InChI is InChI=1S/C44H27N3O/c48-44-46(32-14-2-1-3-15-32)40-27-31(24-25-37(40)43-45-38-20-10-11-21-39(38)47(43)44)42-35-18-8-6-16-33(35)41(34-17-7-9-19-36(34)42)30-23-22-28-12-4-5-13-29(28)26-30/h1-27H. The van der Waals surface area contributed by atoms with E-state index in [-0.39, 0.29) is 5.69 Å². The second-order valence-corrected chi connectivity index (χ2v) is 12.3. The van der Waals surface area contributed by atoms with E-state index in [2.05, 4.69) is 109 Å². The van der Waals surface area contributed by atoms with Crippen molar-refractivity contribution in [3.8, 4) is 27.9 Å². The number of para-hydroxylation sites is 3. The van der Waals surface area contributed by atoms with Gasteiger partial charge in [-0.25, -0.2) is 14.2 Å². The van der Waals surface area contributed by atoms with Gasteiger partial charge in [0.25, 0.3) is 0 Å². The Bertz CT molecular complexity index is 2910. The Morgan fingerprint density at radius 3 is 1.71 bits per heavy atom. The van der Waals surface area contributed by atoms with Crippen LogP contribution in [0.4, 0.5) is 0 Å². The summed E-state index contributed by atoms with van der Waals surface area (Å²) in [6.45, 7) is 0.